The number of alkyl halides is 3. The normalized spacial score (nSPS) is 12.5. The number of amides is 1. The summed E-state index contributed by atoms with van der Waals surface area (Å²) in [4.78, 5) is 24.6. The zero-order chi connectivity index (χ0) is 26.3. The van der Waals surface area contributed by atoms with Crippen molar-refractivity contribution in [3.8, 4) is 11.5 Å². The lowest BCUT2D eigenvalue weighted by Crippen LogP contribution is -2.32. The topological polar surface area (TPSA) is 95.6 Å². The van der Waals surface area contributed by atoms with Crippen molar-refractivity contribution in [3.05, 3.63) is 59.8 Å². The molecule has 1 amide bonds. The molecule has 0 bridgehead atoms. The second-order valence-corrected chi connectivity index (χ2v) is 8.53. The van der Waals surface area contributed by atoms with Crippen LogP contribution < -0.4 is 20.5 Å². The van der Waals surface area contributed by atoms with Crippen molar-refractivity contribution < 1.29 is 32.2 Å². The Morgan fingerprint density at radius 2 is 1.81 bits per heavy atom. The number of hydrogen-bond acceptors (Lipinski definition) is 5. The maximum Gasteiger partial charge on any atom is 0.422 e. The SMILES string of the molecule is CCCC(=O)n1ccc2cc(C[C@@H](C)NCCOc3ccccc3OCC(F)(F)F)cc(C(N)=O)c21. The molecule has 1 heterocycles. The first-order chi connectivity index (χ1) is 17.1. The highest BCUT2D eigenvalue weighted by Crippen LogP contribution is 2.28. The van der Waals surface area contributed by atoms with Gasteiger partial charge >= 0.3 is 6.18 Å². The van der Waals surface area contributed by atoms with Gasteiger partial charge in [-0.25, -0.2) is 0 Å². The van der Waals surface area contributed by atoms with Crippen LogP contribution in [0.25, 0.3) is 10.9 Å². The monoisotopic (exact) mass is 505 g/mol. The molecule has 0 saturated heterocycles. The van der Waals surface area contributed by atoms with Crippen LogP contribution in [0.5, 0.6) is 11.5 Å². The van der Waals surface area contributed by atoms with Gasteiger partial charge in [0.25, 0.3) is 5.91 Å². The molecule has 2 aromatic carbocycles. The number of primary amides is 1. The number of ether oxygens (including phenoxy) is 2. The average Bonchev–Trinajstić information content (AvgIpc) is 3.24. The summed E-state index contributed by atoms with van der Waals surface area (Å²) in [6.07, 6.45) is -1.13. The molecule has 0 radical (unpaired) electrons. The summed E-state index contributed by atoms with van der Waals surface area (Å²) in [6, 6.07) is 11.6. The van der Waals surface area contributed by atoms with Crippen molar-refractivity contribution in [2.45, 2.75) is 45.3 Å². The fourth-order valence-corrected chi connectivity index (χ4v) is 3.93. The Labute approximate surface area is 207 Å². The molecular weight excluding hydrogens is 475 g/mol. The van der Waals surface area contributed by atoms with Gasteiger partial charge in [0.05, 0.1) is 11.1 Å². The largest absolute Gasteiger partial charge is 0.488 e. The van der Waals surface area contributed by atoms with Crippen LogP contribution in [0.4, 0.5) is 13.2 Å². The summed E-state index contributed by atoms with van der Waals surface area (Å²) < 4.78 is 49.3. The van der Waals surface area contributed by atoms with Crippen molar-refractivity contribution >= 4 is 22.7 Å². The third kappa shape index (κ3) is 7.24. The van der Waals surface area contributed by atoms with Crippen LogP contribution in [0.2, 0.25) is 0 Å². The number of aromatic nitrogens is 1. The fourth-order valence-electron chi connectivity index (χ4n) is 3.93. The Morgan fingerprint density at radius 3 is 2.44 bits per heavy atom. The number of rotatable bonds is 12. The Morgan fingerprint density at radius 1 is 1.11 bits per heavy atom. The van der Waals surface area contributed by atoms with Gasteiger partial charge in [-0.15, -0.1) is 0 Å². The van der Waals surface area contributed by atoms with Crippen molar-refractivity contribution in [1.29, 1.82) is 0 Å². The lowest BCUT2D eigenvalue weighted by Gasteiger charge is -2.17. The van der Waals surface area contributed by atoms with Crippen LogP contribution in [0, 0.1) is 0 Å². The molecule has 7 nitrogen and oxygen atoms in total. The number of nitrogens with one attached hydrogen (secondary N) is 1. The fraction of sp³-hybridized carbons (Fsp3) is 0.385. The van der Waals surface area contributed by atoms with Crippen LogP contribution in [0.15, 0.2) is 48.7 Å². The van der Waals surface area contributed by atoms with E-state index in [9.17, 15) is 22.8 Å². The molecule has 0 spiro atoms. The minimum Gasteiger partial charge on any atom is -0.488 e. The molecule has 3 rings (SSSR count). The van der Waals surface area contributed by atoms with E-state index in [1.54, 1.807) is 36.5 Å². The predicted octanol–water partition coefficient (Wildman–Crippen LogP) is 4.72. The van der Waals surface area contributed by atoms with Gasteiger partial charge in [0.2, 0.25) is 5.91 Å². The van der Waals surface area contributed by atoms with E-state index >= 15 is 0 Å². The number of carbonyl (C=O) groups excluding carboxylic acids is 2. The number of fused-ring (bicyclic) bond motifs is 1. The minimum absolute atomic E-state index is 0.00712. The molecule has 3 N–H and O–H groups in total. The quantitative estimate of drug-likeness (QED) is 0.347. The zero-order valence-electron chi connectivity index (χ0n) is 20.2. The molecule has 0 unspecified atom stereocenters. The van der Waals surface area contributed by atoms with Crippen LogP contribution >= 0.6 is 0 Å². The summed E-state index contributed by atoms with van der Waals surface area (Å²) in [5, 5.41) is 4.05. The first-order valence-corrected chi connectivity index (χ1v) is 11.7. The Balaban J connectivity index is 1.60. The molecule has 1 atom stereocenters. The number of hydrogen-bond donors (Lipinski definition) is 2. The number of nitrogens with two attached hydrogens (primary N) is 1. The van der Waals surface area contributed by atoms with E-state index in [0.717, 1.165) is 10.9 Å². The Bertz CT molecular complexity index is 1210. The van der Waals surface area contributed by atoms with Crippen LogP contribution in [0.1, 0.15) is 47.4 Å². The maximum atomic E-state index is 12.5. The number of halogens is 3. The van der Waals surface area contributed by atoms with E-state index in [2.05, 4.69) is 5.32 Å². The zero-order valence-corrected chi connectivity index (χ0v) is 20.2. The summed E-state index contributed by atoms with van der Waals surface area (Å²) in [5.74, 6) is -0.441. The van der Waals surface area contributed by atoms with Crippen molar-refractivity contribution in [2.75, 3.05) is 19.8 Å². The molecule has 0 aliphatic carbocycles. The van der Waals surface area contributed by atoms with Gasteiger partial charge in [-0.05, 0) is 55.7 Å². The van der Waals surface area contributed by atoms with Crippen molar-refractivity contribution in [1.82, 2.24) is 9.88 Å². The second kappa shape index (κ2) is 11.9. The number of carbonyl (C=O) groups is 2. The third-order valence-corrected chi connectivity index (χ3v) is 5.48. The van der Waals surface area contributed by atoms with Crippen LogP contribution in [-0.2, 0) is 6.42 Å². The van der Waals surface area contributed by atoms with E-state index in [-0.39, 0.29) is 30.1 Å². The van der Waals surface area contributed by atoms with E-state index < -0.39 is 18.7 Å². The summed E-state index contributed by atoms with van der Waals surface area (Å²) in [7, 11) is 0. The molecule has 10 heteroatoms. The summed E-state index contributed by atoms with van der Waals surface area (Å²) >= 11 is 0. The first kappa shape index (κ1) is 27.1. The predicted molar refractivity (Wildman–Crippen MR) is 131 cm³/mol. The highest BCUT2D eigenvalue weighted by molar-refractivity contribution is 6.08. The molecule has 0 aliphatic heterocycles. The maximum absolute atomic E-state index is 12.5. The molecular formula is C26H30F3N3O4. The number of nitrogens with zero attached hydrogens (tertiary/aromatic N) is 1. The molecule has 3 aromatic rings. The average molecular weight is 506 g/mol. The summed E-state index contributed by atoms with van der Waals surface area (Å²) in [5.41, 5.74) is 7.32. The summed E-state index contributed by atoms with van der Waals surface area (Å²) in [6.45, 7) is 3.13. The van der Waals surface area contributed by atoms with E-state index in [0.29, 0.717) is 36.9 Å². The van der Waals surface area contributed by atoms with Gasteiger partial charge in [0.1, 0.15) is 6.61 Å². The Kier molecular flexibility index (Phi) is 8.98. The van der Waals surface area contributed by atoms with E-state index in [1.807, 2.05) is 19.9 Å². The van der Waals surface area contributed by atoms with Crippen molar-refractivity contribution in [3.63, 3.8) is 0 Å². The molecule has 194 valence electrons. The van der Waals surface area contributed by atoms with Crippen LogP contribution in [0.3, 0.4) is 0 Å². The molecule has 1 aromatic heterocycles. The second-order valence-electron chi connectivity index (χ2n) is 8.53. The van der Waals surface area contributed by atoms with E-state index in [4.69, 9.17) is 15.2 Å². The highest BCUT2D eigenvalue weighted by Gasteiger charge is 2.29. The van der Waals surface area contributed by atoms with Gasteiger partial charge in [-0.1, -0.05) is 19.1 Å². The lowest BCUT2D eigenvalue weighted by molar-refractivity contribution is -0.153. The molecule has 0 aliphatic rings. The Hall–Kier alpha value is -3.53. The van der Waals surface area contributed by atoms with E-state index in [1.165, 1.54) is 10.6 Å². The smallest absolute Gasteiger partial charge is 0.422 e. The first-order valence-electron chi connectivity index (χ1n) is 11.7. The van der Waals surface area contributed by atoms with Gasteiger partial charge in [-0.3, -0.25) is 14.2 Å². The minimum atomic E-state index is -4.44. The molecule has 0 fully saturated rings. The van der Waals surface area contributed by atoms with Gasteiger partial charge in [0.15, 0.2) is 18.1 Å². The van der Waals surface area contributed by atoms with Crippen molar-refractivity contribution in [2.24, 2.45) is 5.73 Å². The van der Waals surface area contributed by atoms with Gasteiger partial charge in [-0.2, -0.15) is 13.2 Å². The lowest BCUT2D eigenvalue weighted by atomic mass is 10.0. The van der Waals surface area contributed by atoms with Gasteiger partial charge < -0.3 is 20.5 Å². The third-order valence-electron chi connectivity index (χ3n) is 5.48. The molecule has 0 saturated carbocycles. The van der Waals surface area contributed by atoms with Gasteiger partial charge in [0, 0.05) is 30.6 Å². The molecule has 36 heavy (non-hydrogen) atoms. The number of benzene rings is 2. The van der Waals surface area contributed by atoms with Crippen LogP contribution in [-0.4, -0.2) is 48.4 Å². The number of para-hydroxylation sites is 2. The highest BCUT2D eigenvalue weighted by atomic mass is 19.4. The standard InChI is InChI=1S/C26H30F3N3O4/c1-3-6-23(33)32-11-9-19-14-18(15-20(24(19)32)25(30)34)13-17(2)31-10-12-35-21-7-4-5-8-22(21)36-16-26(27,28)29/h4-5,7-9,11,14-15,17,31H,3,6,10,12-13,16H2,1-2H3,(H2,30,34)/t17-/m1/s1.